The van der Waals surface area contributed by atoms with Crippen molar-refractivity contribution >= 4 is 37.9 Å². The van der Waals surface area contributed by atoms with Crippen LogP contribution in [0.2, 0.25) is 0 Å². The molecule has 1 aliphatic heterocycles. The van der Waals surface area contributed by atoms with Gasteiger partial charge in [0, 0.05) is 39.0 Å². The maximum absolute atomic E-state index is 13.0. The molecule has 1 amide bonds. The molecule has 1 aromatic carbocycles. The topological polar surface area (TPSA) is 125 Å². The molecule has 0 unspecified atom stereocenters. The number of nitrogens with zero attached hydrogens (tertiary/aromatic N) is 2. The van der Waals surface area contributed by atoms with E-state index in [4.69, 9.17) is 19.0 Å². The van der Waals surface area contributed by atoms with Crippen molar-refractivity contribution in [2.24, 2.45) is 5.16 Å². The molecule has 0 radical (unpaired) electrons. The van der Waals surface area contributed by atoms with Crippen LogP contribution in [0.5, 0.6) is 0 Å². The lowest BCUT2D eigenvalue weighted by Gasteiger charge is -2.10. The number of carbonyl (C=O) groups excluding carboxylic acids is 1. The summed E-state index contributed by atoms with van der Waals surface area (Å²) in [5.74, 6) is -0.553. The zero-order chi connectivity index (χ0) is 23.7. The Labute approximate surface area is 196 Å². The first-order valence-corrected chi connectivity index (χ1v) is 12.8. The summed E-state index contributed by atoms with van der Waals surface area (Å²) in [6.07, 6.45) is 2.44. The van der Waals surface area contributed by atoms with Gasteiger partial charge < -0.3 is 19.0 Å². The minimum Gasteiger partial charge on any atom is -0.389 e. The third-order valence-electron chi connectivity index (χ3n) is 4.71. The van der Waals surface area contributed by atoms with Crippen LogP contribution in [0.15, 0.2) is 40.5 Å². The van der Waals surface area contributed by atoms with Crippen molar-refractivity contribution in [2.45, 2.75) is 30.4 Å². The number of nitrogens with one attached hydrogen (secondary N) is 1. The van der Waals surface area contributed by atoms with Crippen molar-refractivity contribution in [1.29, 1.82) is 0 Å². The number of carbonyl (C=O) groups is 1. The molecule has 180 valence electrons. The van der Waals surface area contributed by atoms with Crippen LogP contribution in [-0.4, -0.2) is 70.9 Å². The zero-order valence-electron chi connectivity index (χ0n) is 18.5. The van der Waals surface area contributed by atoms with Crippen LogP contribution in [0.4, 0.5) is 5.13 Å². The number of aromatic nitrogens is 1. The molecule has 1 fully saturated rings. The van der Waals surface area contributed by atoms with Crippen molar-refractivity contribution in [3.8, 4) is 0 Å². The lowest BCUT2D eigenvalue weighted by molar-refractivity contribution is -0.110. The third-order valence-corrected chi connectivity index (χ3v) is 7.41. The van der Waals surface area contributed by atoms with Crippen molar-refractivity contribution in [3.63, 3.8) is 0 Å². The summed E-state index contributed by atoms with van der Waals surface area (Å²) >= 11 is 1.28. The second-order valence-electron chi connectivity index (χ2n) is 7.24. The number of oxime groups is 1. The van der Waals surface area contributed by atoms with E-state index in [1.165, 1.54) is 42.7 Å². The van der Waals surface area contributed by atoms with Gasteiger partial charge in [0.2, 0.25) is 0 Å². The number of ether oxygens (including phenoxy) is 3. The minimum absolute atomic E-state index is 0.00808. The van der Waals surface area contributed by atoms with Crippen molar-refractivity contribution in [1.82, 2.24) is 4.98 Å². The largest absolute Gasteiger partial charge is 0.389 e. The van der Waals surface area contributed by atoms with Crippen LogP contribution < -0.4 is 5.32 Å². The van der Waals surface area contributed by atoms with Crippen molar-refractivity contribution in [2.75, 3.05) is 45.1 Å². The third kappa shape index (κ3) is 7.30. The summed E-state index contributed by atoms with van der Waals surface area (Å²) in [6.45, 7) is 1.71. The number of amides is 1. The lowest BCUT2D eigenvalue weighted by atomic mass is 10.1. The average molecular weight is 498 g/mol. The van der Waals surface area contributed by atoms with Gasteiger partial charge in [-0.3, -0.25) is 10.1 Å². The molecule has 2 heterocycles. The predicted octanol–water partition coefficient (Wildman–Crippen LogP) is 2.25. The second kappa shape index (κ2) is 12.2. The molecule has 1 saturated heterocycles. The molecule has 1 atom stereocenters. The van der Waals surface area contributed by atoms with E-state index in [0.717, 1.165) is 4.88 Å². The van der Waals surface area contributed by atoms with Gasteiger partial charge in [0.15, 0.2) is 26.8 Å². The molecular formula is C21H27N3O7S2. The molecule has 0 aliphatic carbocycles. The van der Waals surface area contributed by atoms with Crippen LogP contribution in [0, 0.1) is 0 Å². The van der Waals surface area contributed by atoms with Crippen molar-refractivity contribution < 1.29 is 32.3 Å². The van der Waals surface area contributed by atoms with Crippen molar-refractivity contribution in [3.05, 3.63) is 40.9 Å². The average Bonchev–Trinajstić information content (AvgIpc) is 3.47. The van der Waals surface area contributed by atoms with E-state index < -0.39 is 15.7 Å². The number of sulfone groups is 1. The molecule has 12 heteroatoms. The van der Waals surface area contributed by atoms with Gasteiger partial charge in [0.05, 0.1) is 35.3 Å². The highest BCUT2D eigenvalue weighted by Crippen LogP contribution is 2.20. The van der Waals surface area contributed by atoms with E-state index in [9.17, 15) is 13.2 Å². The monoisotopic (exact) mass is 497 g/mol. The molecule has 1 N–H and O–H groups in total. The van der Waals surface area contributed by atoms with E-state index >= 15 is 0 Å². The van der Waals surface area contributed by atoms with Gasteiger partial charge in [0.1, 0.15) is 0 Å². The quantitative estimate of drug-likeness (QED) is 0.269. The van der Waals surface area contributed by atoms with Crippen LogP contribution in [0.3, 0.4) is 0 Å². The fraction of sp³-hybridized carbons (Fsp3) is 0.476. The maximum Gasteiger partial charge on any atom is 0.280 e. The Hall–Kier alpha value is -2.38. The molecule has 1 aliphatic rings. The number of methoxy groups -OCH3 is 2. The lowest BCUT2D eigenvalue weighted by Crippen LogP contribution is -2.25. The zero-order valence-corrected chi connectivity index (χ0v) is 20.1. The Bertz CT molecular complexity index is 1050. The SMILES string of the molecule is COCCCS(=O)(=O)c1ccc(/C(=N\O[C@@H]2CCOC2)C(=O)Nc2ncc(COC)s2)cc1. The number of anilines is 1. The van der Waals surface area contributed by atoms with Gasteiger partial charge in [-0.05, 0) is 18.6 Å². The molecule has 0 bridgehead atoms. The highest BCUT2D eigenvalue weighted by atomic mass is 32.2. The molecule has 33 heavy (non-hydrogen) atoms. The van der Waals surface area contributed by atoms with Gasteiger partial charge in [-0.15, -0.1) is 0 Å². The summed E-state index contributed by atoms with van der Waals surface area (Å²) in [6, 6.07) is 5.99. The molecule has 1 aromatic heterocycles. The molecular weight excluding hydrogens is 470 g/mol. The number of rotatable bonds is 12. The van der Waals surface area contributed by atoms with E-state index in [-0.39, 0.29) is 22.5 Å². The van der Waals surface area contributed by atoms with Gasteiger partial charge in [0.25, 0.3) is 5.91 Å². The summed E-state index contributed by atoms with van der Waals surface area (Å²) in [4.78, 5) is 23.7. The molecule has 0 spiro atoms. The Morgan fingerprint density at radius 3 is 2.73 bits per heavy atom. The smallest absolute Gasteiger partial charge is 0.280 e. The summed E-state index contributed by atoms with van der Waals surface area (Å²) in [5, 5.41) is 7.18. The standard InChI is InChI=1S/C21H27N3O7S2/c1-28-9-3-11-33(26,27)18-6-4-15(5-7-18)19(24-31-16-8-10-30-13-16)20(25)23-21-22-12-17(32-21)14-29-2/h4-7,12,16H,3,8-11,13-14H2,1-2H3,(H,22,23,25)/b24-19+/t16-/m1/s1. The fourth-order valence-corrected chi connectivity index (χ4v) is 5.07. The van der Waals surface area contributed by atoms with Gasteiger partial charge in [-0.25, -0.2) is 13.4 Å². The Balaban J connectivity index is 1.79. The number of hydrogen-bond donors (Lipinski definition) is 1. The first kappa shape index (κ1) is 25.2. The normalized spacial score (nSPS) is 16.7. The fourth-order valence-electron chi connectivity index (χ4n) is 3.01. The molecule has 0 saturated carbocycles. The minimum atomic E-state index is -3.46. The highest BCUT2D eigenvalue weighted by molar-refractivity contribution is 7.91. The summed E-state index contributed by atoms with van der Waals surface area (Å²) < 4.78 is 40.3. The van der Waals surface area contributed by atoms with Crippen LogP contribution in [-0.2, 0) is 40.3 Å². The molecule has 10 nitrogen and oxygen atoms in total. The van der Waals surface area contributed by atoms with Crippen LogP contribution >= 0.6 is 11.3 Å². The molecule has 3 rings (SSSR count). The van der Waals surface area contributed by atoms with Gasteiger partial charge >= 0.3 is 0 Å². The Morgan fingerprint density at radius 2 is 2.06 bits per heavy atom. The number of benzene rings is 1. The van der Waals surface area contributed by atoms with Crippen LogP contribution in [0.1, 0.15) is 23.3 Å². The second-order valence-corrected chi connectivity index (χ2v) is 10.5. The Kier molecular flexibility index (Phi) is 9.32. The summed E-state index contributed by atoms with van der Waals surface area (Å²) in [7, 11) is -0.358. The van der Waals surface area contributed by atoms with E-state index in [2.05, 4.69) is 15.5 Å². The van der Waals surface area contributed by atoms with Gasteiger partial charge in [-0.2, -0.15) is 0 Å². The maximum atomic E-state index is 13.0. The van der Waals surface area contributed by atoms with E-state index in [0.29, 0.717) is 50.0 Å². The summed E-state index contributed by atoms with van der Waals surface area (Å²) in [5.41, 5.74) is 0.421. The van der Waals surface area contributed by atoms with Crippen LogP contribution in [0.25, 0.3) is 0 Å². The number of thiazole rings is 1. The Morgan fingerprint density at radius 1 is 1.27 bits per heavy atom. The highest BCUT2D eigenvalue weighted by Gasteiger charge is 2.22. The predicted molar refractivity (Wildman–Crippen MR) is 123 cm³/mol. The first-order chi connectivity index (χ1) is 15.9. The molecule has 2 aromatic rings. The van der Waals surface area contributed by atoms with E-state index in [1.54, 1.807) is 13.3 Å². The van der Waals surface area contributed by atoms with E-state index in [1.807, 2.05) is 0 Å². The van der Waals surface area contributed by atoms with Gasteiger partial charge in [-0.1, -0.05) is 28.6 Å². The first-order valence-electron chi connectivity index (χ1n) is 10.3. The number of hydrogen-bond acceptors (Lipinski definition) is 10.